The summed E-state index contributed by atoms with van der Waals surface area (Å²) in [5, 5.41) is 9.56. The summed E-state index contributed by atoms with van der Waals surface area (Å²) in [7, 11) is 1.27. The van der Waals surface area contributed by atoms with Crippen molar-refractivity contribution in [1.29, 1.82) is 0 Å². The number of allylic oxidation sites excluding steroid dienone is 1. The van der Waals surface area contributed by atoms with Crippen molar-refractivity contribution >= 4 is 17.4 Å². The first-order valence-corrected chi connectivity index (χ1v) is 5.46. The molecule has 0 radical (unpaired) electrons. The van der Waals surface area contributed by atoms with E-state index in [0.717, 1.165) is 0 Å². The molecule has 0 unspecified atom stereocenters. The summed E-state index contributed by atoms with van der Waals surface area (Å²) >= 11 is 0. The first kappa shape index (κ1) is 12.2. The molecular weight excluding hydrogens is 234 g/mol. The molecular formula is C13H13NO4. The van der Waals surface area contributed by atoms with Crippen LogP contribution in [0.1, 0.15) is 23.7 Å². The van der Waals surface area contributed by atoms with Crippen LogP contribution in [0.3, 0.4) is 0 Å². The molecule has 0 saturated heterocycles. The van der Waals surface area contributed by atoms with Gasteiger partial charge < -0.3 is 14.6 Å². The maximum Gasteiger partial charge on any atom is 0.340 e. The average Bonchev–Trinajstić information content (AvgIpc) is 2.36. The van der Waals surface area contributed by atoms with Crippen molar-refractivity contribution in [2.75, 3.05) is 7.11 Å². The Morgan fingerprint density at radius 1 is 1.56 bits per heavy atom. The van der Waals surface area contributed by atoms with Gasteiger partial charge in [-0.3, -0.25) is 0 Å². The number of nitrogens with zero attached hydrogens (tertiary/aromatic N) is 1. The Balaban J connectivity index is 2.64. The minimum absolute atomic E-state index is 0.0860. The lowest BCUT2D eigenvalue weighted by molar-refractivity contribution is 0.0601. The van der Waals surface area contributed by atoms with Crippen molar-refractivity contribution in [1.82, 2.24) is 0 Å². The van der Waals surface area contributed by atoms with Crippen molar-refractivity contribution < 1.29 is 19.4 Å². The number of methoxy groups -OCH3 is 1. The smallest absolute Gasteiger partial charge is 0.340 e. The molecule has 0 bridgehead atoms. The fourth-order valence-corrected chi connectivity index (χ4v) is 1.72. The van der Waals surface area contributed by atoms with Crippen molar-refractivity contribution in [2.45, 2.75) is 13.3 Å². The number of hydrogen-bond acceptors (Lipinski definition) is 5. The van der Waals surface area contributed by atoms with Crippen molar-refractivity contribution in [2.24, 2.45) is 4.99 Å². The summed E-state index contributed by atoms with van der Waals surface area (Å²) in [6.45, 7) is 5.65. The van der Waals surface area contributed by atoms with E-state index in [9.17, 15) is 9.90 Å². The fourth-order valence-electron chi connectivity index (χ4n) is 1.72. The zero-order chi connectivity index (χ0) is 13.3. The van der Waals surface area contributed by atoms with Gasteiger partial charge >= 0.3 is 5.97 Å². The van der Waals surface area contributed by atoms with Gasteiger partial charge in [0.1, 0.15) is 17.2 Å². The van der Waals surface area contributed by atoms with E-state index < -0.39 is 5.97 Å². The van der Waals surface area contributed by atoms with Crippen LogP contribution in [0.15, 0.2) is 29.5 Å². The van der Waals surface area contributed by atoms with Crippen molar-refractivity contribution in [3.8, 4) is 11.5 Å². The molecule has 94 valence electrons. The zero-order valence-electron chi connectivity index (χ0n) is 10.2. The number of phenols is 1. The normalized spacial score (nSPS) is 13.4. The van der Waals surface area contributed by atoms with Crippen LogP contribution in [0, 0.1) is 0 Å². The highest BCUT2D eigenvalue weighted by atomic mass is 16.5. The Labute approximate surface area is 104 Å². The predicted molar refractivity (Wildman–Crippen MR) is 66.6 cm³/mol. The number of phenolic OH excluding ortho intramolecular Hbond substituents is 1. The van der Waals surface area contributed by atoms with E-state index in [4.69, 9.17) is 4.74 Å². The molecule has 0 atom stereocenters. The van der Waals surface area contributed by atoms with Crippen LogP contribution in [-0.4, -0.2) is 23.9 Å². The van der Waals surface area contributed by atoms with E-state index >= 15 is 0 Å². The summed E-state index contributed by atoms with van der Waals surface area (Å²) in [6.07, 6.45) is 0.639. The molecule has 1 heterocycles. The highest BCUT2D eigenvalue weighted by Gasteiger charge is 2.23. The maximum absolute atomic E-state index is 11.6. The molecule has 1 N–H and O–H groups in total. The third kappa shape index (κ3) is 1.95. The number of carbonyl (C=O) groups excluding carboxylic acids is 1. The summed E-state index contributed by atoms with van der Waals surface area (Å²) < 4.78 is 10.1. The van der Waals surface area contributed by atoms with Gasteiger partial charge in [-0.25, -0.2) is 9.79 Å². The molecule has 0 spiro atoms. The van der Waals surface area contributed by atoms with Crippen LogP contribution in [0.4, 0.5) is 5.69 Å². The molecule has 1 aliphatic rings. The lowest BCUT2D eigenvalue weighted by Crippen LogP contribution is -2.13. The standard InChI is InChI=1S/C13H13NO4/c1-4-10-7(2)18-11-6-8(15)5-9(12(11)14-10)13(16)17-3/h5-6,15H,2,4H2,1,3H3. The number of esters is 1. The second-order valence-electron chi connectivity index (χ2n) is 3.77. The van der Waals surface area contributed by atoms with E-state index in [-0.39, 0.29) is 11.3 Å². The molecule has 0 saturated carbocycles. The monoisotopic (exact) mass is 247 g/mol. The lowest BCUT2D eigenvalue weighted by atomic mass is 10.1. The number of aromatic hydroxyl groups is 1. The van der Waals surface area contributed by atoms with Crippen LogP contribution in [0.5, 0.6) is 11.5 Å². The van der Waals surface area contributed by atoms with Crippen LogP contribution in [0.2, 0.25) is 0 Å². The van der Waals surface area contributed by atoms with E-state index in [1.165, 1.54) is 19.2 Å². The van der Waals surface area contributed by atoms with Gasteiger partial charge in [0.25, 0.3) is 0 Å². The molecule has 2 rings (SSSR count). The highest BCUT2D eigenvalue weighted by Crippen LogP contribution is 2.40. The number of rotatable bonds is 2. The SMILES string of the molecule is C=C1Oc2cc(O)cc(C(=O)OC)c2N=C1CC. The Kier molecular flexibility index (Phi) is 3.06. The molecule has 0 aliphatic carbocycles. The molecule has 0 fully saturated rings. The van der Waals surface area contributed by atoms with E-state index in [0.29, 0.717) is 29.3 Å². The molecule has 0 amide bonds. The number of hydrogen-bond donors (Lipinski definition) is 1. The van der Waals surface area contributed by atoms with Gasteiger partial charge in [0, 0.05) is 6.07 Å². The fraction of sp³-hybridized carbons (Fsp3) is 0.231. The molecule has 18 heavy (non-hydrogen) atoms. The van der Waals surface area contributed by atoms with E-state index in [1.807, 2.05) is 6.92 Å². The topological polar surface area (TPSA) is 68.1 Å². The quantitative estimate of drug-likeness (QED) is 0.815. The van der Waals surface area contributed by atoms with Gasteiger partial charge in [-0.2, -0.15) is 0 Å². The summed E-state index contributed by atoms with van der Waals surface area (Å²) in [4.78, 5) is 16.0. The Morgan fingerprint density at radius 2 is 2.28 bits per heavy atom. The molecule has 1 aromatic rings. The first-order valence-electron chi connectivity index (χ1n) is 5.46. The van der Waals surface area contributed by atoms with Crippen molar-refractivity contribution in [3.05, 3.63) is 30.0 Å². The van der Waals surface area contributed by atoms with Crippen LogP contribution in [0.25, 0.3) is 0 Å². The predicted octanol–water partition coefficient (Wildman–Crippen LogP) is 2.57. The highest BCUT2D eigenvalue weighted by molar-refractivity contribution is 6.05. The molecule has 5 nitrogen and oxygen atoms in total. The second kappa shape index (κ2) is 4.52. The van der Waals surface area contributed by atoms with Gasteiger partial charge in [-0.05, 0) is 12.5 Å². The summed E-state index contributed by atoms with van der Waals surface area (Å²) in [5.41, 5.74) is 1.20. The number of aliphatic imine (C=N–C) groups is 1. The number of benzene rings is 1. The molecule has 0 aromatic heterocycles. The van der Waals surface area contributed by atoms with Gasteiger partial charge in [0.05, 0.1) is 18.4 Å². The Bertz CT molecular complexity index is 560. The third-order valence-electron chi connectivity index (χ3n) is 2.60. The molecule has 1 aromatic carbocycles. The summed E-state index contributed by atoms with van der Waals surface area (Å²) in [6, 6.07) is 2.70. The van der Waals surface area contributed by atoms with E-state index in [2.05, 4.69) is 16.3 Å². The van der Waals surface area contributed by atoms with Gasteiger partial charge in [-0.1, -0.05) is 13.5 Å². The average molecular weight is 247 g/mol. The van der Waals surface area contributed by atoms with Crippen molar-refractivity contribution in [3.63, 3.8) is 0 Å². The molecule has 5 heteroatoms. The zero-order valence-corrected chi connectivity index (χ0v) is 10.2. The van der Waals surface area contributed by atoms with E-state index in [1.54, 1.807) is 0 Å². The number of fused-ring (bicyclic) bond motifs is 1. The molecule has 1 aliphatic heterocycles. The van der Waals surface area contributed by atoms with Crippen LogP contribution >= 0.6 is 0 Å². The number of ether oxygens (including phenoxy) is 2. The minimum atomic E-state index is -0.572. The van der Waals surface area contributed by atoms with Crippen LogP contribution < -0.4 is 4.74 Å². The summed E-state index contributed by atoms with van der Waals surface area (Å²) in [5.74, 6) is 0.0681. The lowest BCUT2D eigenvalue weighted by Gasteiger charge is -2.19. The first-order chi connectivity index (χ1) is 8.56. The Hall–Kier alpha value is -2.30. The van der Waals surface area contributed by atoms with Crippen LogP contribution in [-0.2, 0) is 4.74 Å². The second-order valence-corrected chi connectivity index (χ2v) is 3.77. The Morgan fingerprint density at radius 3 is 2.89 bits per heavy atom. The third-order valence-corrected chi connectivity index (χ3v) is 2.60. The van der Waals surface area contributed by atoms with Gasteiger partial charge in [0.2, 0.25) is 0 Å². The van der Waals surface area contributed by atoms with Gasteiger partial charge in [-0.15, -0.1) is 0 Å². The minimum Gasteiger partial charge on any atom is -0.508 e. The largest absolute Gasteiger partial charge is 0.508 e. The maximum atomic E-state index is 11.6. The van der Waals surface area contributed by atoms with Gasteiger partial charge in [0.15, 0.2) is 5.75 Å². The number of carbonyl (C=O) groups is 1.